The van der Waals surface area contributed by atoms with Crippen LogP contribution < -0.4 is 4.90 Å². The molecular weight excluding hydrogens is 319 g/mol. The van der Waals surface area contributed by atoms with Gasteiger partial charge in [0, 0.05) is 38.6 Å². The van der Waals surface area contributed by atoms with E-state index in [-0.39, 0.29) is 17.6 Å². The number of benzene rings is 1. The van der Waals surface area contributed by atoms with Gasteiger partial charge in [0.15, 0.2) is 0 Å². The number of para-hydroxylation sites is 1. The Bertz CT molecular complexity index is 636. The fourth-order valence-corrected chi connectivity index (χ4v) is 3.63. The molecule has 0 radical (unpaired) electrons. The predicted octanol–water partition coefficient (Wildman–Crippen LogP) is 2.58. The maximum Gasteiger partial charge on any atom is 0.232 e. The van der Waals surface area contributed by atoms with E-state index in [1.165, 1.54) is 6.07 Å². The molecule has 0 saturated carbocycles. The molecule has 1 saturated heterocycles. The molecule has 0 unspecified atom stereocenters. The second-order valence-electron chi connectivity index (χ2n) is 6.61. The predicted molar refractivity (Wildman–Crippen MR) is 98.3 cm³/mol. The highest BCUT2D eigenvalue weighted by molar-refractivity contribution is 5.99. The van der Waals surface area contributed by atoms with Crippen molar-refractivity contribution >= 4 is 17.6 Å². The molecule has 0 aromatic heterocycles. The lowest BCUT2D eigenvalue weighted by molar-refractivity contribution is -0.131. The molecule has 6 heteroatoms. The first-order valence-electron chi connectivity index (χ1n) is 9.26. The molecule has 0 bridgehead atoms. The molecule has 0 N–H and O–H groups in total. The fraction of sp³-hybridized carbons (Fsp3) is 0.579. The summed E-state index contributed by atoms with van der Waals surface area (Å²) in [5.74, 6) is 0.894. The van der Waals surface area contributed by atoms with E-state index in [4.69, 9.17) is 0 Å². The number of anilines is 1. The maximum atomic E-state index is 14.0. The zero-order chi connectivity index (χ0) is 17.8. The van der Waals surface area contributed by atoms with E-state index >= 15 is 0 Å². The number of rotatable bonds is 4. The Balaban J connectivity index is 1.64. The monoisotopic (exact) mass is 346 g/mol. The van der Waals surface area contributed by atoms with E-state index in [2.05, 4.69) is 28.6 Å². The van der Waals surface area contributed by atoms with E-state index < -0.39 is 0 Å². The van der Waals surface area contributed by atoms with Crippen LogP contribution in [0, 0.1) is 11.7 Å². The van der Waals surface area contributed by atoms with Gasteiger partial charge in [0.2, 0.25) is 11.9 Å². The molecular formula is C19H27FN4O. The average Bonchev–Trinajstić information content (AvgIpc) is 3.13. The van der Waals surface area contributed by atoms with Crippen LogP contribution in [0.4, 0.5) is 10.1 Å². The first-order chi connectivity index (χ1) is 12.2. The Morgan fingerprint density at radius 3 is 2.36 bits per heavy atom. The number of carbonyl (C=O) groups excluding carboxylic acids is 1. The summed E-state index contributed by atoms with van der Waals surface area (Å²) < 4.78 is 14.0. The van der Waals surface area contributed by atoms with Gasteiger partial charge in [0.1, 0.15) is 5.82 Å². The summed E-state index contributed by atoms with van der Waals surface area (Å²) >= 11 is 0. The molecule has 5 nitrogen and oxygen atoms in total. The summed E-state index contributed by atoms with van der Waals surface area (Å²) in [7, 11) is 0. The topological polar surface area (TPSA) is 39.2 Å². The molecule has 0 spiro atoms. The van der Waals surface area contributed by atoms with Crippen LogP contribution in [0.2, 0.25) is 0 Å². The zero-order valence-corrected chi connectivity index (χ0v) is 15.1. The number of aliphatic imine (C=N–C) groups is 1. The first kappa shape index (κ1) is 17.7. The Morgan fingerprint density at radius 1 is 1.08 bits per heavy atom. The molecule has 0 aliphatic carbocycles. The van der Waals surface area contributed by atoms with Crippen LogP contribution in [0.15, 0.2) is 29.3 Å². The van der Waals surface area contributed by atoms with Crippen LogP contribution in [0.1, 0.15) is 26.7 Å². The Kier molecular flexibility index (Phi) is 5.56. The van der Waals surface area contributed by atoms with E-state index in [1.807, 2.05) is 17.0 Å². The smallest absolute Gasteiger partial charge is 0.232 e. The maximum absolute atomic E-state index is 14.0. The summed E-state index contributed by atoms with van der Waals surface area (Å²) in [6.07, 6.45) is 1.72. The molecule has 1 aromatic rings. The van der Waals surface area contributed by atoms with Gasteiger partial charge in [0.25, 0.3) is 0 Å². The molecule has 1 aromatic carbocycles. The van der Waals surface area contributed by atoms with Gasteiger partial charge in [-0.25, -0.2) is 4.39 Å². The SMILES string of the molecule is CCC(CC)C(=O)N1CCN=C1N1CCN(c2ccccc2F)CC1. The Labute approximate surface area is 149 Å². The van der Waals surface area contributed by atoms with Crippen LogP contribution in [0.3, 0.4) is 0 Å². The number of nitrogens with zero attached hydrogens (tertiary/aromatic N) is 4. The summed E-state index contributed by atoms with van der Waals surface area (Å²) in [6, 6.07) is 6.89. The van der Waals surface area contributed by atoms with Gasteiger partial charge >= 0.3 is 0 Å². The number of hydrogen-bond donors (Lipinski definition) is 0. The molecule has 136 valence electrons. The van der Waals surface area contributed by atoms with Gasteiger partial charge in [-0.15, -0.1) is 0 Å². The molecule has 25 heavy (non-hydrogen) atoms. The highest BCUT2D eigenvalue weighted by Gasteiger charge is 2.32. The third-order valence-electron chi connectivity index (χ3n) is 5.17. The Hall–Kier alpha value is -2.11. The first-order valence-corrected chi connectivity index (χ1v) is 9.26. The number of hydrogen-bond acceptors (Lipinski definition) is 4. The summed E-state index contributed by atoms with van der Waals surface area (Å²) in [6.45, 7) is 8.44. The number of carbonyl (C=O) groups is 1. The third-order valence-corrected chi connectivity index (χ3v) is 5.17. The van der Waals surface area contributed by atoms with Crippen LogP contribution in [-0.2, 0) is 4.79 Å². The van der Waals surface area contributed by atoms with Crippen molar-refractivity contribution in [1.82, 2.24) is 9.80 Å². The summed E-state index contributed by atoms with van der Waals surface area (Å²) in [5, 5.41) is 0. The van der Waals surface area contributed by atoms with Crippen molar-refractivity contribution in [3.05, 3.63) is 30.1 Å². The van der Waals surface area contributed by atoms with Crippen molar-refractivity contribution in [3.8, 4) is 0 Å². The van der Waals surface area contributed by atoms with Gasteiger partial charge in [0.05, 0.1) is 12.2 Å². The normalized spacial score (nSPS) is 18.1. The van der Waals surface area contributed by atoms with Gasteiger partial charge in [-0.3, -0.25) is 14.7 Å². The quantitative estimate of drug-likeness (QED) is 0.841. The van der Waals surface area contributed by atoms with Crippen LogP contribution in [-0.4, -0.2) is 60.9 Å². The van der Waals surface area contributed by atoms with Crippen molar-refractivity contribution in [3.63, 3.8) is 0 Å². The third kappa shape index (κ3) is 3.62. The van der Waals surface area contributed by atoms with Crippen molar-refractivity contribution in [1.29, 1.82) is 0 Å². The van der Waals surface area contributed by atoms with Gasteiger partial charge in [-0.05, 0) is 25.0 Å². The summed E-state index contributed by atoms with van der Waals surface area (Å²) in [5.41, 5.74) is 0.653. The van der Waals surface area contributed by atoms with Crippen molar-refractivity contribution in [2.75, 3.05) is 44.2 Å². The summed E-state index contributed by atoms with van der Waals surface area (Å²) in [4.78, 5) is 23.4. The number of guanidine groups is 1. The van der Waals surface area contributed by atoms with Gasteiger partial charge < -0.3 is 9.80 Å². The molecule has 1 fully saturated rings. The van der Waals surface area contributed by atoms with Crippen LogP contribution >= 0.6 is 0 Å². The van der Waals surface area contributed by atoms with E-state index in [9.17, 15) is 9.18 Å². The largest absolute Gasteiger partial charge is 0.366 e. The van der Waals surface area contributed by atoms with E-state index in [0.29, 0.717) is 18.8 Å². The van der Waals surface area contributed by atoms with Gasteiger partial charge in [-0.2, -0.15) is 0 Å². The minimum absolute atomic E-state index is 0.0722. The molecule has 2 aliphatic heterocycles. The minimum atomic E-state index is -0.181. The lowest BCUT2D eigenvalue weighted by Gasteiger charge is -2.39. The highest BCUT2D eigenvalue weighted by Crippen LogP contribution is 2.22. The standard InChI is InChI=1S/C19H27FN4O/c1-3-15(4-2)18(25)24-10-9-21-19(24)23-13-11-22(12-14-23)17-8-6-5-7-16(17)20/h5-8,15H,3-4,9-14H2,1-2H3. The molecule has 2 aliphatic rings. The molecule has 0 atom stereocenters. The number of amides is 1. The molecule has 2 heterocycles. The molecule has 1 amide bonds. The van der Waals surface area contributed by atoms with Crippen molar-refractivity contribution in [2.24, 2.45) is 10.9 Å². The van der Waals surface area contributed by atoms with Crippen molar-refractivity contribution in [2.45, 2.75) is 26.7 Å². The minimum Gasteiger partial charge on any atom is -0.366 e. The van der Waals surface area contributed by atoms with Crippen LogP contribution in [0.25, 0.3) is 0 Å². The van der Waals surface area contributed by atoms with E-state index in [0.717, 1.165) is 45.0 Å². The molecule has 3 rings (SSSR count). The van der Waals surface area contributed by atoms with Crippen molar-refractivity contribution < 1.29 is 9.18 Å². The lowest BCUT2D eigenvalue weighted by atomic mass is 10.0. The average molecular weight is 346 g/mol. The second kappa shape index (κ2) is 7.85. The zero-order valence-electron chi connectivity index (χ0n) is 15.1. The number of halogens is 1. The van der Waals surface area contributed by atoms with Crippen LogP contribution in [0.5, 0.6) is 0 Å². The Morgan fingerprint density at radius 2 is 1.72 bits per heavy atom. The lowest BCUT2D eigenvalue weighted by Crippen LogP contribution is -2.54. The fourth-order valence-electron chi connectivity index (χ4n) is 3.63. The number of piperazine rings is 1. The van der Waals surface area contributed by atoms with Gasteiger partial charge in [-0.1, -0.05) is 26.0 Å². The second-order valence-corrected chi connectivity index (χ2v) is 6.61. The highest BCUT2D eigenvalue weighted by atomic mass is 19.1. The van der Waals surface area contributed by atoms with E-state index in [1.54, 1.807) is 6.07 Å².